The van der Waals surface area contributed by atoms with Crippen molar-refractivity contribution in [1.29, 1.82) is 5.26 Å². The molecule has 3 rings (SSSR count). The third-order valence-corrected chi connectivity index (χ3v) is 3.45. The number of nitrogens with zero attached hydrogens (tertiary/aromatic N) is 4. The molecule has 0 aliphatic rings. The number of aryl methyl sites for hydroxylation is 2. The Hall–Kier alpha value is -3.46. The Morgan fingerprint density at radius 1 is 1.04 bits per heavy atom. The second-order valence-corrected chi connectivity index (χ2v) is 5.43. The minimum Gasteiger partial charge on any atom is -0.339 e. The number of nitrogens with one attached hydrogen (secondary N) is 2. The highest BCUT2D eigenvalue weighted by Crippen LogP contribution is 2.21. The number of hydrogen-bond donors (Lipinski definition) is 2. The van der Waals surface area contributed by atoms with Crippen LogP contribution in [0.4, 0.5) is 23.1 Å². The summed E-state index contributed by atoms with van der Waals surface area (Å²) in [4.78, 5) is 4.40. The van der Waals surface area contributed by atoms with E-state index in [0.717, 1.165) is 16.9 Å². The molecular weight excluding hydrogens is 300 g/mol. The number of hydrogen-bond acceptors (Lipinski definition) is 6. The van der Waals surface area contributed by atoms with E-state index in [4.69, 9.17) is 5.26 Å². The molecule has 1 aromatic heterocycles. The van der Waals surface area contributed by atoms with Crippen molar-refractivity contribution < 1.29 is 0 Å². The molecule has 0 radical (unpaired) electrons. The van der Waals surface area contributed by atoms with Crippen molar-refractivity contribution in [2.24, 2.45) is 0 Å². The zero-order valence-electron chi connectivity index (χ0n) is 13.4. The van der Waals surface area contributed by atoms with Crippen LogP contribution in [0.15, 0.2) is 48.7 Å². The lowest BCUT2D eigenvalue weighted by Gasteiger charge is -2.10. The largest absolute Gasteiger partial charge is 0.339 e. The fraction of sp³-hybridized carbons (Fsp3) is 0.111. The van der Waals surface area contributed by atoms with Gasteiger partial charge in [-0.25, -0.2) is 0 Å². The maximum Gasteiger partial charge on any atom is 0.249 e. The summed E-state index contributed by atoms with van der Waals surface area (Å²) < 4.78 is 0. The zero-order chi connectivity index (χ0) is 16.9. The van der Waals surface area contributed by atoms with Crippen LogP contribution in [0.5, 0.6) is 0 Å². The molecule has 0 atom stereocenters. The maximum absolute atomic E-state index is 8.95. The van der Waals surface area contributed by atoms with Gasteiger partial charge < -0.3 is 10.6 Å². The van der Waals surface area contributed by atoms with Gasteiger partial charge in [0.25, 0.3) is 0 Å². The smallest absolute Gasteiger partial charge is 0.249 e. The lowest BCUT2D eigenvalue weighted by molar-refractivity contribution is 0.982. The standard InChI is InChI=1S/C18H16N6/c1-12-6-7-16(13(2)8-12)22-17-11-20-24-18(23-17)21-15-5-3-4-14(9-15)10-19/h3-9,11H,1-2H3,(H2,21,22,23,24). The van der Waals surface area contributed by atoms with E-state index in [0.29, 0.717) is 17.3 Å². The summed E-state index contributed by atoms with van der Waals surface area (Å²) in [6.45, 7) is 4.09. The van der Waals surface area contributed by atoms with E-state index < -0.39 is 0 Å². The second-order valence-electron chi connectivity index (χ2n) is 5.43. The summed E-state index contributed by atoms with van der Waals surface area (Å²) in [5.41, 5.74) is 4.61. The highest BCUT2D eigenvalue weighted by Gasteiger charge is 2.04. The summed E-state index contributed by atoms with van der Waals surface area (Å²) in [6, 6.07) is 15.4. The van der Waals surface area contributed by atoms with E-state index in [1.54, 1.807) is 24.4 Å². The number of aromatic nitrogens is 3. The minimum atomic E-state index is 0.361. The molecule has 6 nitrogen and oxygen atoms in total. The SMILES string of the molecule is Cc1ccc(Nc2cnnc(Nc3cccc(C#N)c3)n2)c(C)c1. The predicted molar refractivity (Wildman–Crippen MR) is 93.5 cm³/mol. The third-order valence-electron chi connectivity index (χ3n) is 3.45. The Kier molecular flexibility index (Phi) is 4.34. The van der Waals surface area contributed by atoms with Gasteiger partial charge in [-0.05, 0) is 43.7 Å². The van der Waals surface area contributed by atoms with Crippen molar-refractivity contribution >= 4 is 23.1 Å². The van der Waals surface area contributed by atoms with Gasteiger partial charge in [0.2, 0.25) is 5.95 Å². The van der Waals surface area contributed by atoms with E-state index in [2.05, 4.69) is 44.9 Å². The molecule has 0 saturated carbocycles. The highest BCUT2D eigenvalue weighted by atomic mass is 15.3. The van der Waals surface area contributed by atoms with Crippen LogP contribution in [0.25, 0.3) is 0 Å². The van der Waals surface area contributed by atoms with Crippen molar-refractivity contribution in [2.75, 3.05) is 10.6 Å². The molecule has 3 aromatic rings. The highest BCUT2D eigenvalue weighted by molar-refractivity contribution is 5.62. The molecule has 0 aliphatic heterocycles. The molecule has 0 spiro atoms. The first-order chi connectivity index (χ1) is 11.6. The molecule has 24 heavy (non-hydrogen) atoms. The Balaban J connectivity index is 1.80. The second kappa shape index (κ2) is 6.75. The van der Waals surface area contributed by atoms with Gasteiger partial charge in [-0.1, -0.05) is 23.8 Å². The summed E-state index contributed by atoms with van der Waals surface area (Å²) >= 11 is 0. The normalized spacial score (nSPS) is 10.0. The molecule has 0 amide bonds. The summed E-state index contributed by atoms with van der Waals surface area (Å²) in [5, 5.41) is 23.2. The Labute approximate surface area is 140 Å². The van der Waals surface area contributed by atoms with Crippen molar-refractivity contribution in [2.45, 2.75) is 13.8 Å². The predicted octanol–water partition coefficient (Wildman–Crippen LogP) is 3.85. The van der Waals surface area contributed by atoms with Crippen LogP contribution < -0.4 is 10.6 Å². The molecule has 0 aliphatic carbocycles. The number of anilines is 4. The van der Waals surface area contributed by atoms with E-state index in [9.17, 15) is 0 Å². The number of rotatable bonds is 4. The van der Waals surface area contributed by atoms with Gasteiger partial charge in [0.1, 0.15) is 0 Å². The van der Waals surface area contributed by atoms with Crippen LogP contribution in [0.1, 0.15) is 16.7 Å². The first kappa shape index (κ1) is 15.4. The summed E-state index contributed by atoms with van der Waals surface area (Å²) in [5.74, 6) is 0.954. The van der Waals surface area contributed by atoms with Crippen LogP contribution in [-0.2, 0) is 0 Å². The van der Waals surface area contributed by atoms with E-state index in [-0.39, 0.29) is 0 Å². The molecule has 6 heteroatoms. The van der Waals surface area contributed by atoms with Gasteiger partial charge in [-0.15, -0.1) is 5.10 Å². The first-order valence-electron chi connectivity index (χ1n) is 7.45. The van der Waals surface area contributed by atoms with Crippen molar-refractivity contribution in [1.82, 2.24) is 15.2 Å². The quantitative estimate of drug-likeness (QED) is 0.760. The molecule has 1 heterocycles. The first-order valence-corrected chi connectivity index (χ1v) is 7.45. The minimum absolute atomic E-state index is 0.361. The van der Waals surface area contributed by atoms with E-state index in [1.165, 1.54) is 5.56 Å². The Morgan fingerprint density at radius 2 is 1.92 bits per heavy atom. The topological polar surface area (TPSA) is 86.5 Å². The molecular formula is C18H16N6. The molecule has 0 saturated heterocycles. The Morgan fingerprint density at radius 3 is 2.71 bits per heavy atom. The van der Waals surface area contributed by atoms with Crippen molar-refractivity contribution in [3.8, 4) is 6.07 Å². The van der Waals surface area contributed by atoms with Crippen molar-refractivity contribution in [3.05, 3.63) is 65.4 Å². The molecule has 118 valence electrons. The van der Waals surface area contributed by atoms with Gasteiger partial charge in [-0.2, -0.15) is 15.3 Å². The van der Waals surface area contributed by atoms with Crippen LogP contribution in [-0.4, -0.2) is 15.2 Å². The average Bonchev–Trinajstić information content (AvgIpc) is 2.58. The van der Waals surface area contributed by atoms with Crippen molar-refractivity contribution in [3.63, 3.8) is 0 Å². The van der Waals surface area contributed by atoms with Gasteiger partial charge in [0.05, 0.1) is 17.8 Å². The van der Waals surface area contributed by atoms with Gasteiger partial charge >= 0.3 is 0 Å². The average molecular weight is 316 g/mol. The number of benzene rings is 2. The van der Waals surface area contributed by atoms with Crippen LogP contribution in [0, 0.1) is 25.2 Å². The fourth-order valence-electron chi connectivity index (χ4n) is 2.30. The summed E-state index contributed by atoms with van der Waals surface area (Å²) in [7, 11) is 0. The molecule has 2 aromatic carbocycles. The molecule has 0 bridgehead atoms. The van der Waals surface area contributed by atoms with E-state index >= 15 is 0 Å². The molecule has 0 unspecified atom stereocenters. The van der Waals surface area contributed by atoms with Gasteiger partial charge in [0, 0.05) is 11.4 Å². The lowest BCUT2D eigenvalue weighted by atomic mass is 10.1. The monoisotopic (exact) mass is 316 g/mol. The van der Waals surface area contributed by atoms with Crippen LogP contribution in [0.2, 0.25) is 0 Å². The molecule has 2 N–H and O–H groups in total. The van der Waals surface area contributed by atoms with Crippen LogP contribution >= 0.6 is 0 Å². The van der Waals surface area contributed by atoms with E-state index in [1.807, 2.05) is 25.1 Å². The number of nitriles is 1. The Bertz CT molecular complexity index is 913. The van der Waals surface area contributed by atoms with Gasteiger partial charge in [0.15, 0.2) is 5.82 Å². The van der Waals surface area contributed by atoms with Gasteiger partial charge in [-0.3, -0.25) is 0 Å². The third kappa shape index (κ3) is 3.65. The summed E-state index contributed by atoms with van der Waals surface area (Å²) in [6.07, 6.45) is 1.57. The maximum atomic E-state index is 8.95. The molecule has 0 fully saturated rings. The fourth-order valence-corrected chi connectivity index (χ4v) is 2.30. The lowest BCUT2D eigenvalue weighted by Crippen LogP contribution is -2.03. The van der Waals surface area contributed by atoms with Crippen LogP contribution in [0.3, 0.4) is 0 Å². The zero-order valence-corrected chi connectivity index (χ0v) is 13.4.